The summed E-state index contributed by atoms with van der Waals surface area (Å²) in [5.41, 5.74) is 1.31. The molecule has 1 aromatic carbocycles. The van der Waals surface area contributed by atoms with Gasteiger partial charge in [0.2, 0.25) is 5.88 Å². The molecule has 7 nitrogen and oxygen atoms in total. The lowest BCUT2D eigenvalue weighted by Gasteiger charge is -2.08. The van der Waals surface area contributed by atoms with Crippen molar-refractivity contribution >= 4 is 5.91 Å². The van der Waals surface area contributed by atoms with Gasteiger partial charge in [0.1, 0.15) is 24.5 Å². The Morgan fingerprint density at radius 1 is 1.20 bits per heavy atom. The first-order valence-corrected chi connectivity index (χ1v) is 7.97. The summed E-state index contributed by atoms with van der Waals surface area (Å²) in [6.07, 6.45) is 4.94. The van der Waals surface area contributed by atoms with Crippen LogP contribution in [0.1, 0.15) is 21.9 Å². The van der Waals surface area contributed by atoms with Gasteiger partial charge >= 0.3 is 0 Å². The first-order valence-electron chi connectivity index (χ1n) is 7.97. The Hall–Kier alpha value is -3.22. The molecule has 7 heteroatoms. The topological polar surface area (TPSA) is 81.9 Å². The average Bonchev–Trinajstić information content (AvgIpc) is 3.06. The number of imidazole rings is 1. The molecule has 1 N–H and O–H groups in total. The smallest absolute Gasteiger partial charge is 0.270 e. The van der Waals surface area contributed by atoms with Crippen LogP contribution in [0, 0.1) is 6.92 Å². The van der Waals surface area contributed by atoms with E-state index >= 15 is 0 Å². The van der Waals surface area contributed by atoms with Gasteiger partial charge in [-0.1, -0.05) is 30.3 Å². The van der Waals surface area contributed by atoms with E-state index in [1.54, 1.807) is 12.3 Å². The number of aromatic nitrogens is 4. The number of ether oxygens (including phenoxy) is 1. The van der Waals surface area contributed by atoms with Crippen LogP contribution in [0.25, 0.3) is 0 Å². The molecule has 0 fully saturated rings. The van der Waals surface area contributed by atoms with Crippen LogP contribution >= 0.6 is 0 Å². The van der Waals surface area contributed by atoms with Gasteiger partial charge in [0.15, 0.2) is 0 Å². The van der Waals surface area contributed by atoms with Gasteiger partial charge in [0.25, 0.3) is 5.91 Å². The first kappa shape index (κ1) is 16.6. The summed E-state index contributed by atoms with van der Waals surface area (Å²) >= 11 is 0. The van der Waals surface area contributed by atoms with Crippen molar-refractivity contribution in [2.75, 3.05) is 6.54 Å². The van der Waals surface area contributed by atoms with Gasteiger partial charge in [-0.05, 0) is 12.5 Å². The lowest BCUT2D eigenvalue weighted by Crippen LogP contribution is -2.28. The summed E-state index contributed by atoms with van der Waals surface area (Å²) in [5, 5.41) is 2.83. The van der Waals surface area contributed by atoms with E-state index in [9.17, 15) is 4.79 Å². The van der Waals surface area contributed by atoms with Gasteiger partial charge in [-0.3, -0.25) is 4.79 Å². The van der Waals surface area contributed by atoms with Crippen LogP contribution in [0.3, 0.4) is 0 Å². The standard InChI is InChI=1S/C18H19N5O2/c1-14-19-7-9-23(14)10-8-20-18(24)16-11-17(22-13-21-16)25-12-15-5-3-2-4-6-15/h2-7,9,11,13H,8,10,12H2,1H3,(H,20,24). The molecule has 0 aliphatic carbocycles. The minimum Gasteiger partial charge on any atom is -0.473 e. The van der Waals surface area contributed by atoms with Gasteiger partial charge in [-0.15, -0.1) is 0 Å². The molecule has 25 heavy (non-hydrogen) atoms. The Morgan fingerprint density at radius 2 is 2.04 bits per heavy atom. The fourth-order valence-corrected chi connectivity index (χ4v) is 2.29. The third-order valence-electron chi connectivity index (χ3n) is 3.67. The second-order valence-corrected chi connectivity index (χ2v) is 5.44. The number of benzene rings is 1. The third-order valence-corrected chi connectivity index (χ3v) is 3.67. The molecule has 2 aromatic heterocycles. The van der Waals surface area contributed by atoms with Crippen molar-refractivity contribution in [3.05, 3.63) is 72.2 Å². The Bertz CT molecular complexity index is 832. The highest BCUT2D eigenvalue weighted by atomic mass is 16.5. The molecule has 1 amide bonds. The van der Waals surface area contributed by atoms with Crippen LogP contribution in [0.4, 0.5) is 0 Å². The largest absolute Gasteiger partial charge is 0.473 e. The second kappa shape index (κ2) is 8.05. The third kappa shape index (κ3) is 4.63. The van der Waals surface area contributed by atoms with Gasteiger partial charge in [0, 0.05) is 31.5 Å². The van der Waals surface area contributed by atoms with Gasteiger partial charge in [-0.25, -0.2) is 15.0 Å². The number of carbonyl (C=O) groups is 1. The van der Waals surface area contributed by atoms with E-state index in [1.807, 2.05) is 48.0 Å². The van der Waals surface area contributed by atoms with E-state index in [-0.39, 0.29) is 11.6 Å². The van der Waals surface area contributed by atoms with E-state index in [4.69, 9.17) is 4.74 Å². The SMILES string of the molecule is Cc1nccn1CCNC(=O)c1cc(OCc2ccccc2)ncn1. The average molecular weight is 337 g/mol. The highest BCUT2D eigenvalue weighted by Gasteiger charge is 2.09. The molecule has 2 heterocycles. The Kier molecular flexibility index (Phi) is 5.36. The molecule has 0 saturated heterocycles. The van der Waals surface area contributed by atoms with Gasteiger partial charge in [0.05, 0.1) is 0 Å². The van der Waals surface area contributed by atoms with Crippen molar-refractivity contribution in [2.45, 2.75) is 20.1 Å². The van der Waals surface area contributed by atoms with Crippen molar-refractivity contribution < 1.29 is 9.53 Å². The van der Waals surface area contributed by atoms with Crippen LogP contribution in [0.2, 0.25) is 0 Å². The number of amides is 1. The fourth-order valence-electron chi connectivity index (χ4n) is 2.29. The molecule has 0 radical (unpaired) electrons. The normalized spacial score (nSPS) is 10.4. The van der Waals surface area contributed by atoms with Crippen molar-refractivity contribution in [3.63, 3.8) is 0 Å². The number of rotatable bonds is 7. The summed E-state index contributed by atoms with van der Waals surface area (Å²) in [6.45, 7) is 3.45. The van der Waals surface area contributed by atoms with E-state index in [1.165, 1.54) is 6.33 Å². The molecule has 0 saturated carbocycles. The molecule has 0 aliphatic heterocycles. The summed E-state index contributed by atoms with van der Waals surface area (Å²) in [6, 6.07) is 11.3. The maximum atomic E-state index is 12.2. The number of hydrogen-bond acceptors (Lipinski definition) is 5. The van der Waals surface area contributed by atoms with Crippen molar-refractivity contribution in [2.24, 2.45) is 0 Å². The number of nitrogens with zero attached hydrogens (tertiary/aromatic N) is 4. The Morgan fingerprint density at radius 3 is 2.80 bits per heavy atom. The van der Waals surface area contributed by atoms with Crippen molar-refractivity contribution in [1.82, 2.24) is 24.8 Å². The van der Waals surface area contributed by atoms with Crippen LogP contribution in [0.15, 0.2) is 55.1 Å². The lowest BCUT2D eigenvalue weighted by molar-refractivity contribution is 0.0946. The molecular weight excluding hydrogens is 318 g/mol. The zero-order valence-electron chi connectivity index (χ0n) is 13.9. The predicted molar refractivity (Wildman–Crippen MR) is 92.1 cm³/mol. The summed E-state index contributed by atoms with van der Waals surface area (Å²) in [4.78, 5) is 24.4. The molecule has 3 aromatic rings. The minimum absolute atomic E-state index is 0.260. The second-order valence-electron chi connectivity index (χ2n) is 5.44. The van der Waals surface area contributed by atoms with Crippen LogP contribution in [-0.2, 0) is 13.2 Å². The van der Waals surface area contributed by atoms with Gasteiger partial charge < -0.3 is 14.6 Å². The maximum absolute atomic E-state index is 12.2. The maximum Gasteiger partial charge on any atom is 0.270 e. The first-order chi connectivity index (χ1) is 12.2. The van der Waals surface area contributed by atoms with Crippen molar-refractivity contribution in [3.8, 4) is 5.88 Å². The van der Waals surface area contributed by atoms with Crippen LogP contribution in [-0.4, -0.2) is 32.0 Å². The fraction of sp³-hybridized carbons (Fsp3) is 0.222. The number of carbonyl (C=O) groups excluding carboxylic acids is 1. The molecule has 128 valence electrons. The molecule has 0 unspecified atom stereocenters. The van der Waals surface area contributed by atoms with E-state index in [2.05, 4.69) is 20.3 Å². The number of nitrogens with one attached hydrogen (secondary N) is 1. The summed E-state index contributed by atoms with van der Waals surface area (Å²) in [7, 11) is 0. The van der Waals surface area contributed by atoms with E-state index < -0.39 is 0 Å². The van der Waals surface area contributed by atoms with E-state index in [0.717, 1.165) is 11.4 Å². The molecular formula is C18H19N5O2. The van der Waals surface area contributed by atoms with E-state index in [0.29, 0.717) is 25.6 Å². The molecule has 0 aliphatic rings. The highest BCUT2D eigenvalue weighted by molar-refractivity contribution is 5.92. The minimum atomic E-state index is -0.260. The molecule has 0 bridgehead atoms. The Balaban J connectivity index is 1.53. The van der Waals surface area contributed by atoms with Gasteiger partial charge in [-0.2, -0.15) is 0 Å². The van der Waals surface area contributed by atoms with Crippen LogP contribution < -0.4 is 10.1 Å². The quantitative estimate of drug-likeness (QED) is 0.713. The predicted octanol–water partition coefficient (Wildman–Crippen LogP) is 1.99. The van der Waals surface area contributed by atoms with Crippen LogP contribution in [0.5, 0.6) is 5.88 Å². The van der Waals surface area contributed by atoms with Crippen molar-refractivity contribution in [1.29, 1.82) is 0 Å². The monoisotopic (exact) mass is 337 g/mol. The number of hydrogen-bond donors (Lipinski definition) is 1. The Labute approximate surface area is 145 Å². The summed E-state index contributed by atoms with van der Waals surface area (Å²) < 4.78 is 7.59. The highest BCUT2D eigenvalue weighted by Crippen LogP contribution is 2.10. The number of aryl methyl sites for hydroxylation is 1. The summed E-state index contributed by atoms with van der Waals surface area (Å²) in [5.74, 6) is 1.02. The zero-order valence-corrected chi connectivity index (χ0v) is 13.9. The molecule has 3 rings (SSSR count). The lowest BCUT2D eigenvalue weighted by atomic mass is 10.2. The zero-order chi connectivity index (χ0) is 17.5. The molecule has 0 spiro atoms. The molecule has 0 atom stereocenters.